The van der Waals surface area contributed by atoms with E-state index >= 15 is 0 Å². The number of aryl methyl sites for hydroxylation is 1. The summed E-state index contributed by atoms with van der Waals surface area (Å²) in [6.07, 6.45) is 7.73. The van der Waals surface area contributed by atoms with Crippen molar-refractivity contribution in [1.29, 1.82) is 0 Å². The molecule has 0 saturated carbocycles. The lowest BCUT2D eigenvalue weighted by Crippen LogP contribution is -2.50. The number of fused-ring (bicyclic) bond motifs is 1. The van der Waals surface area contributed by atoms with Gasteiger partial charge in [-0.15, -0.1) is 0 Å². The summed E-state index contributed by atoms with van der Waals surface area (Å²) in [7, 11) is -4.13. The fourth-order valence-corrected chi connectivity index (χ4v) is 9.18. The average molecular weight is 792 g/mol. The van der Waals surface area contributed by atoms with E-state index in [1.54, 1.807) is 17.9 Å². The highest BCUT2D eigenvalue weighted by Gasteiger charge is 2.32. The number of nitrogens with zero attached hydrogens (tertiary/aromatic N) is 2. The van der Waals surface area contributed by atoms with Crippen LogP contribution < -0.4 is 15.4 Å². The van der Waals surface area contributed by atoms with Gasteiger partial charge in [-0.3, -0.25) is 14.4 Å². The zero-order valence-corrected chi connectivity index (χ0v) is 33.7. The van der Waals surface area contributed by atoms with Gasteiger partial charge in [0.1, 0.15) is 11.6 Å². The SMILES string of the molecule is CCOC(=O)[C@H](CNC(=O)CNC(=O)C(CCC1CCN(C(=O)O)CC1)CCC1CCN(C(=O)OC(C)(C)C)CC1)NS(=O)(=O)c1cccc2c1CCCC2. The summed E-state index contributed by atoms with van der Waals surface area (Å²) in [5.41, 5.74) is 1.14. The maximum absolute atomic E-state index is 13.6. The molecular formula is C39H61N5O10S. The van der Waals surface area contributed by atoms with E-state index in [9.17, 15) is 37.5 Å². The van der Waals surface area contributed by atoms with Crippen molar-refractivity contribution in [1.82, 2.24) is 25.2 Å². The molecule has 55 heavy (non-hydrogen) atoms. The zero-order chi connectivity index (χ0) is 40.2. The second-order valence-corrected chi connectivity index (χ2v) is 17.7. The molecule has 1 unspecified atom stereocenters. The van der Waals surface area contributed by atoms with Crippen molar-refractivity contribution < 1.29 is 47.0 Å². The van der Waals surface area contributed by atoms with Gasteiger partial charge in [-0.05, 0) is 134 Å². The van der Waals surface area contributed by atoms with Crippen LogP contribution in [0.3, 0.4) is 0 Å². The average Bonchev–Trinajstić information content (AvgIpc) is 3.15. The van der Waals surface area contributed by atoms with Crippen molar-refractivity contribution in [3.8, 4) is 0 Å². The summed E-state index contributed by atoms with van der Waals surface area (Å²) in [6.45, 7) is 8.48. The first kappa shape index (κ1) is 43.8. The van der Waals surface area contributed by atoms with E-state index in [2.05, 4.69) is 15.4 Å². The molecule has 1 aromatic carbocycles. The van der Waals surface area contributed by atoms with Crippen LogP contribution in [0.15, 0.2) is 23.1 Å². The minimum Gasteiger partial charge on any atom is -0.465 e. The number of esters is 1. The van der Waals surface area contributed by atoms with E-state index < -0.39 is 39.6 Å². The molecule has 0 radical (unpaired) electrons. The maximum atomic E-state index is 13.6. The molecule has 2 aliphatic heterocycles. The van der Waals surface area contributed by atoms with Crippen LogP contribution in [0.4, 0.5) is 9.59 Å². The summed E-state index contributed by atoms with van der Waals surface area (Å²) in [6, 6.07) is 3.74. The van der Waals surface area contributed by atoms with Crippen LogP contribution in [0.1, 0.15) is 103 Å². The van der Waals surface area contributed by atoms with Crippen LogP contribution in [-0.4, -0.2) is 111 Å². The lowest BCUT2D eigenvalue weighted by atomic mass is 9.84. The number of piperidine rings is 2. The lowest BCUT2D eigenvalue weighted by molar-refractivity contribution is -0.145. The number of likely N-dealkylation sites (tertiary alicyclic amines) is 2. The molecule has 16 heteroatoms. The Morgan fingerprint density at radius 1 is 0.891 bits per heavy atom. The van der Waals surface area contributed by atoms with Crippen molar-refractivity contribution >= 4 is 40.0 Å². The monoisotopic (exact) mass is 791 g/mol. The number of sulfonamides is 1. The summed E-state index contributed by atoms with van der Waals surface area (Å²) in [5, 5.41) is 14.7. The van der Waals surface area contributed by atoms with Crippen molar-refractivity contribution in [2.45, 2.75) is 121 Å². The Kier molecular flexibility index (Phi) is 16.2. The summed E-state index contributed by atoms with van der Waals surface area (Å²) in [4.78, 5) is 66.6. The number of carboxylic acid groups (broad SMARTS) is 1. The maximum Gasteiger partial charge on any atom is 0.410 e. The van der Waals surface area contributed by atoms with Crippen LogP contribution in [0, 0.1) is 17.8 Å². The van der Waals surface area contributed by atoms with E-state index in [4.69, 9.17) is 9.47 Å². The van der Waals surface area contributed by atoms with E-state index in [-0.39, 0.29) is 48.4 Å². The third kappa shape index (κ3) is 13.7. The standard InChI is InChI=1S/C39H61N5O10S/c1-5-53-36(47)32(42-55(51,52)33-12-8-10-29-9-6-7-11-31(29)33)25-40-34(45)26-41-35(46)30(15-13-27-17-21-43(22-18-27)37(48)49)16-14-28-19-23-44(24-20-28)38(50)54-39(2,3)4/h8,10,12,27-28,30,32,42H,5-7,9,11,13-26H2,1-4H3,(H,40,45)(H,41,46)(H,48,49)/t30?,32-/m0/s1. The van der Waals surface area contributed by atoms with Gasteiger partial charge in [0.05, 0.1) is 18.0 Å². The molecule has 4 rings (SSSR count). The molecule has 0 spiro atoms. The quantitative estimate of drug-likeness (QED) is 0.176. The van der Waals surface area contributed by atoms with Gasteiger partial charge >= 0.3 is 18.2 Å². The Morgan fingerprint density at radius 3 is 2.07 bits per heavy atom. The molecule has 1 aliphatic carbocycles. The largest absolute Gasteiger partial charge is 0.465 e. The van der Waals surface area contributed by atoms with Crippen LogP contribution in [0.25, 0.3) is 0 Å². The molecule has 1 aromatic rings. The molecule has 2 atom stereocenters. The number of carbonyl (C=O) groups excluding carboxylic acids is 4. The van der Waals surface area contributed by atoms with E-state index in [1.165, 1.54) is 11.0 Å². The Bertz CT molecular complexity index is 1600. The normalized spacial score (nSPS) is 18.1. The highest BCUT2D eigenvalue weighted by atomic mass is 32.2. The van der Waals surface area contributed by atoms with Crippen molar-refractivity contribution in [2.24, 2.45) is 17.8 Å². The summed E-state index contributed by atoms with van der Waals surface area (Å²) >= 11 is 0. The number of benzene rings is 1. The van der Waals surface area contributed by atoms with Gasteiger partial charge in [-0.2, -0.15) is 4.72 Å². The first-order chi connectivity index (χ1) is 26.1. The van der Waals surface area contributed by atoms with Gasteiger partial charge in [0.2, 0.25) is 21.8 Å². The first-order valence-electron chi connectivity index (χ1n) is 19.9. The molecular weight excluding hydrogens is 731 g/mol. The third-order valence-electron chi connectivity index (χ3n) is 10.8. The number of ether oxygens (including phenoxy) is 2. The van der Waals surface area contributed by atoms with Gasteiger partial charge in [-0.25, -0.2) is 18.0 Å². The second-order valence-electron chi connectivity index (χ2n) is 16.0. The fraction of sp³-hybridized carbons (Fsp3) is 0.718. The summed E-state index contributed by atoms with van der Waals surface area (Å²) in [5.74, 6) is -1.47. The predicted octanol–water partition coefficient (Wildman–Crippen LogP) is 4.22. The molecule has 2 saturated heterocycles. The minimum atomic E-state index is -4.13. The zero-order valence-electron chi connectivity index (χ0n) is 32.9. The smallest absolute Gasteiger partial charge is 0.410 e. The molecule has 308 valence electrons. The Labute approximate surface area is 325 Å². The molecule has 15 nitrogen and oxygen atoms in total. The molecule has 2 heterocycles. The number of amides is 4. The Morgan fingerprint density at radius 2 is 1.49 bits per heavy atom. The number of rotatable bonds is 16. The van der Waals surface area contributed by atoms with Gasteiger partial charge in [0, 0.05) is 38.6 Å². The highest BCUT2D eigenvalue weighted by molar-refractivity contribution is 7.89. The van der Waals surface area contributed by atoms with E-state index in [1.807, 2.05) is 26.8 Å². The number of carbonyl (C=O) groups is 5. The van der Waals surface area contributed by atoms with E-state index in [0.29, 0.717) is 51.4 Å². The van der Waals surface area contributed by atoms with Gasteiger partial charge in [-0.1, -0.05) is 12.1 Å². The van der Waals surface area contributed by atoms with Crippen molar-refractivity contribution in [3.05, 3.63) is 29.3 Å². The van der Waals surface area contributed by atoms with Gasteiger partial charge in [0.15, 0.2) is 0 Å². The van der Waals surface area contributed by atoms with Gasteiger partial charge in [0.25, 0.3) is 0 Å². The fourth-order valence-electron chi connectivity index (χ4n) is 7.68. The van der Waals surface area contributed by atoms with Gasteiger partial charge < -0.3 is 35.0 Å². The van der Waals surface area contributed by atoms with Crippen LogP contribution >= 0.6 is 0 Å². The number of hydrogen-bond acceptors (Lipinski definition) is 9. The minimum absolute atomic E-state index is 0.0186. The van der Waals surface area contributed by atoms with Crippen molar-refractivity contribution in [2.75, 3.05) is 45.9 Å². The van der Waals surface area contributed by atoms with Crippen LogP contribution in [0.2, 0.25) is 0 Å². The Hall–Kier alpha value is -3.92. The topological polar surface area (TPSA) is 201 Å². The summed E-state index contributed by atoms with van der Waals surface area (Å²) < 4.78 is 40.1. The molecule has 2 fully saturated rings. The predicted molar refractivity (Wildman–Crippen MR) is 205 cm³/mol. The first-order valence-corrected chi connectivity index (χ1v) is 21.3. The Balaban J connectivity index is 1.32. The van der Waals surface area contributed by atoms with Crippen LogP contribution in [0.5, 0.6) is 0 Å². The number of hydrogen-bond donors (Lipinski definition) is 4. The highest BCUT2D eigenvalue weighted by Crippen LogP contribution is 2.30. The third-order valence-corrected chi connectivity index (χ3v) is 12.4. The van der Waals surface area contributed by atoms with Crippen molar-refractivity contribution in [3.63, 3.8) is 0 Å². The molecule has 4 amide bonds. The molecule has 0 aromatic heterocycles. The number of nitrogens with one attached hydrogen (secondary N) is 3. The molecule has 3 aliphatic rings. The second kappa shape index (κ2) is 20.3. The molecule has 0 bridgehead atoms. The van der Waals surface area contributed by atoms with E-state index in [0.717, 1.165) is 68.9 Å². The molecule has 4 N–H and O–H groups in total. The lowest BCUT2D eigenvalue weighted by Gasteiger charge is -2.34. The van der Waals surface area contributed by atoms with Crippen LogP contribution in [-0.2, 0) is 46.7 Å².